The van der Waals surface area contributed by atoms with Gasteiger partial charge in [0.1, 0.15) is 0 Å². The fourth-order valence-electron chi connectivity index (χ4n) is 1.55. The maximum Gasteiger partial charge on any atom is 0.156 e. The summed E-state index contributed by atoms with van der Waals surface area (Å²) in [5, 5.41) is 10.9. The Morgan fingerprint density at radius 1 is 1.80 bits per heavy atom. The number of hydrogen-bond donors (Lipinski definition) is 1. The zero-order chi connectivity index (χ0) is 10.7. The van der Waals surface area contributed by atoms with Crippen molar-refractivity contribution in [3.05, 3.63) is 11.9 Å². The van der Waals surface area contributed by atoms with E-state index in [1.807, 2.05) is 11.8 Å². The molecule has 0 radical (unpaired) electrons. The van der Waals surface area contributed by atoms with E-state index in [9.17, 15) is 4.79 Å². The first-order valence-electron chi connectivity index (χ1n) is 4.95. The van der Waals surface area contributed by atoms with Crippen LogP contribution in [-0.2, 0) is 18.3 Å². The van der Waals surface area contributed by atoms with Gasteiger partial charge >= 0.3 is 0 Å². The summed E-state index contributed by atoms with van der Waals surface area (Å²) in [7, 11) is 1.80. The molecule has 1 fully saturated rings. The average Bonchev–Trinajstić information content (AvgIpc) is 2.65. The summed E-state index contributed by atoms with van der Waals surface area (Å²) in [4.78, 5) is 11.8. The first-order chi connectivity index (χ1) is 7.25. The number of carbonyl (C=O) groups is 1. The quantitative estimate of drug-likeness (QED) is 0.762. The van der Waals surface area contributed by atoms with Crippen LogP contribution in [0.15, 0.2) is 6.20 Å². The SMILES string of the molecule is Cn1cc(CC(=O)C2CSCCN2)nn1. The molecule has 1 N–H and O–H groups in total. The van der Waals surface area contributed by atoms with Crippen molar-refractivity contribution in [3.63, 3.8) is 0 Å². The van der Waals surface area contributed by atoms with E-state index in [0.29, 0.717) is 6.42 Å². The van der Waals surface area contributed by atoms with Gasteiger partial charge in [0.05, 0.1) is 18.2 Å². The fourth-order valence-corrected chi connectivity index (χ4v) is 2.52. The second-order valence-corrected chi connectivity index (χ2v) is 4.76. The monoisotopic (exact) mass is 226 g/mol. The number of ketones is 1. The number of nitrogens with zero attached hydrogens (tertiary/aromatic N) is 3. The molecule has 1 atom stereocenters. The fraction of sp³-hybridized carbons (Fsp3) is 0.667. The Bertz CT molecular complexity index is 346. The van der Waals surface area contributed by atoms with Gasteiger partial charge in [-0.2, -0.15) is 11.8 Å². The van der Waals surface area contributed by atoms with Crippen LogP contribution in [0.5, 0.6) is 0 Å². The summed E-state index contributed by atoms with van der Waals surface area (Å²) in [6, 6.07) is -0.00856. The number of nitrogens with one attached hydrogen (secondary N) is 1. The van der Waals surface area contributed by atoms with Crippen LogP contribution in [0.2, 0.25) is 0 Å². The number of aromatic nitrogens is 3. The third-order valence-corrected chi connectivity index (χ3v) is 3.38. The van der Waals surface area contributed by atoms with Crippen LogP contribution in [0.25, 0.3) is 0 Å². The van der Waals surface area contributed by atoms with Crippen LogP contribution in [0, 0.1) is 0 Å². The van der Waals surface area contributed by atoms with Crippen LogP contribution in [0.1, 0.15) is 5.69 Å². The maximum atomic E-state index is 11.8. The minimum Gasteiger partial charge on any atom is -0.306 e. The molecule has 1 aromatic heterocycles. The third kappa shape index (κ3) is 2.79. The van der Waals surface area contributed by atoms with Crippen LogP contribution in [0.4, 0.5) is 0 Å². The zero-order valence-electron chi connectivity index (χ0n) is 8.64. The molecule has 0 spiro atoms. The van der Waals surface area contributed by atoms with Crippen LogP contribution >= 0.6 is 11.8 Å². The molecule has 1 saturated heterocycles. The topological polar surface area (TPSA) is 59.8 Å². The minimum absolute atomic E-state index is 0.00856. The van der Waals surface area contributed by atoms with Crippen LogP contribution < -0.4 is 5.32 Å². The lowest BCUT2D eigenvalue weighted by atomic mass is 10.1. The minimum atomic E-state index is -0.00856. The van der Waals surface area contributed by atoms with E-state index in [-0.39, 0.29) is 11.8 Å². The number of Topliss-reactive ketones (excluding diaryl/α,β-unsaturated/α-hetero) is 1. The summed E-state index contributed by atoms with van der Waals surface area (Å²) in [6.07, 6.45) is 2.17. The van der Waals surface area contributed by atoms with E-state index < -0.39 is 0 Å². The predicted molar refractivity (Wildman–Crippen MR) is 58.8 cm³/mol. The lowest BCUT2D eigenvalue weighted by Crippen LogP contribution is -2.44. The molecule has 0 amide bonds. The molecule has 1 aromatic rings. The highest BCUT2D eigenvalue weighted by atomic mass is 32.2. The molecule has 6 heteroatoms. The summed E-state index contributed by atoms with van der Waals surface area (Å²) in [6.45, 7) is 0.918. The van der Waals surface area contributed by atoms with Crippen molar-refractivity contribution in [1.82, 2.24) is 20.3 Å². The molecule has 5 nitrogen and oxygen atoms in total. The summed E-state index contributed by atoms with van der Waals surface area (Å²) in [5.74, 6) is 2.18. The van der Waals surface area contributed by atoms with Crippen molar-refractivity contribution in [3.8, 4) is 0 Å². The van der Waals surface area contributed by atoms with Crippen molar-refractivity contribution >= 4 is 17.5 Å². The van der Waals surface area contributed by atoms with E-state index in [1.165, 1.54) is 0 Å². The van der Waals surface area contributed by atoms with Gasteiger partial charge < -0.3 is 5.32 Å². The van der Waals surface area contributed by atoms with Crippen LogP contribution in [-0.4, -0.2) is 44.9 Å². The second kappa shape index (κ2) is 4.76. The number of carbonyl (C=O) groups excluding carboxylic acids is 1. The Balaban J connectivity index is 1.91. The lowest BCUT2D eigenvalue weighted by Gasteiger charge is -2.21. The molecule has 2 heterocycles. The highest BCUT2D eigenvalue weighted by Crippen LogP contribution is 2.09. The van der Waals surface area contributed by atoms with E-state index in [0.717, 1.165) is 23.7 Å². The molecule has 0 aliphatic carbocycles. The normalized spacial score (nSPS) is 21.5. The van der Waals surface area contributed by atoms with Crippen molar-refractivity contribution in [2.24, 2.45) is 7.05 Å². The van der Waals surface area contributed by atoms with Crippen molar-refractivity contribution < 1.29 is 4.79 Å². The summed E-state index contributed by atoms with van der Waals surface area (Å²) < 4.78 is 1.62. The van der Waals surface area contributed by atoms with E-state index in [1.54, 1.807) is 17.9 Å². The Morgan fingerprint density at radius 2 is 2.67 bits per heavy atom. The number of thioether (sulfide) groups is 1. The molecule has 0 aromatic carbocycles. The highest BCUT2D eigenvalue weighted by molar-refractivity contribution is 7.99. The average molecular weight is 226 g/mol. The molecular formula is C9H14N4OS. The van der Waals surface area contributed by atoms with Crippen molar-refractivity contribution in [2.75, 3.05) is 18.1 Å². The van der Waals surface area contributed by atoms with Gasteiger partial charge in [-0.05, 0) is 0 Å². The molecule has 1 unspecified atom stereocenters. The molecule has 82 valence electrons. The smallest absolute Gasteiger partial charge is 0.156 e. The number of aryl methyl sites for hydroxylation is 1. The van der Waals surface area contributed by atoms with Gasteiger partial charge in [-0.3, -0.25) is 9.48 Å². The molecular weight excluding hydrogens is 212 g/mol. The first-order valence-corrected chi connectivity index (χ1v) is 6.10. The Hall–Kier alpha value is -0.880. The van der Waals surface area contributed by atoms with Crippen molar-refractivity contribution in [1.29, 1.82) is 0 Å². The Kier molecular flexibility index (Phi) is 3.37. The first kappa shape index (κ1) is 10.6. The van der Waals surface area contributed by atoms with Gasteiger partial charge in [0.2, 0.25) is 0 Å². The number of rotatable bonds is 3. The molecule has 1 aliphatic rings. The summed E-state index contributed by atoms with van der Waals surface area (Å²) >= 11 is 1.82. The van der Waals surface area contributed by atoms with Gasteiger partial charge in [0.15, 0.2) is 5.78 Å². The van der Waals surface area contributed by atoms with Crippen molar-refractivity contribution in [2.45, 2.75) is 12.5 Å². The van der Waals surface area contributed by atoms with E-state index >= 15 is 0 Å². The van der Waals surface area contributed by atoms with Gasteiger partial charge in [-0.25, -0.2) is 0 Å². The predicted octanol–water partition coefficient (Wildman–Crippen LogP) is -0.368. The van der Waals surface area contributed by atoms with Crippen LogP contribution in [0.3, 0.4) is 0 Å². The van der Waals surface area contributed by atoms with Gasteiger partial charge in [-0.15, -0.1) is 5.10 Å². The zero-order valence-corrected chi connectivity index (χ0v) is 9.46. The Labute approximate surface area is 92.6 Å². The molecule has 0 bridgehead atoms. The molecule has 15 heavy (non-hydrogen) atoms. The van der Waals surface area contributed by atoms with Gasteiger partial charge in [-0.1, -0.05) is 5.21 Å². The highest BCUT2D eigenvalue weighted by Gasteiger charge is 2.21. The second-order valence-electron chi connectivity index (χ2n) is 3.61. The maximum absolute atomic E-state index is 11.8. The van der Waals surface area contributed by atoms with E-state index in [4.69, 9.17) is 0 Å². The number of hydrogen-bond acceptors (Lipinski definition) is 5. The Morgan fingerprint density at radius 3 is 3.27 bits per heavy atom. The molecule has 2 rings (SSSR count). The van der Waals surface area contributed by atoms with Gasteiger partial charge in [0, 0.05) is 31.3 Å². The van der Waals surface area contributed by atoms with E-state index in [2.05, 4.69) is 15.6 Å². The third-order valence-electron chi connectivity index (χ3n) is 2.32. The summed E-state index contributed by atoms with van der Waals surface area (Å²) in [5.41, 5.74) is 0.750. The molecule has 0 saturated carbocycles. The van der Waals surface area contributed by atoms with Gasteiger partial charge in [0.25, 0.3) is 0 Å². The standard InChI is InChI=1S/C9H14N4OS/c1-13-5-7(11-12-13)4-9(14)8-6-15-3-2-10-8/h5,8,10H,2-4,6H2,1H3. The lowest BCUT2D eigenvalue weighted by molar-refractivity contribution is -0.120. The largest absolute Gasteiger partial charge is 0.306 e. The molecule has 1 aliphatic heterocycles.